The maximum Gasteiger partial charge on any atom is 0.231 e. The summed E-state index contributed by atoms with van der Waals surface area (Å²) in [5.41, 5.74) is 2.23. The molecule has 5 heteroatoms. The van der Waals surface area contributed by atoms with Crippen LogP contribution in [0.25, 0.3) is 23.0 Å². The molecule has 0 radical (unpaired) electrons. The first-order valence-corrected chi connectivity index (χ1v) is 8.40. The average molecular weight is 394 g/mol. The second-order valence-corrected chi connectivity index (χ2v) is 6.36. The lowest BCUT2D eigenvalue weighted by atomic mass is 10.1. The van der Waals surface area contributed by atoms with Gasteiger partial charge in [0.05, 0.1) is 11.6 Å². The molecular formula is C20H12BrNO3. The van der Waals surface area contributed by atoms with E-state index in [0.29, 0.717) is 22.8 Å². The van der Waals surface area contributed by atoms with Gasteiger partial charge in [-0.25, -0.2) is 0 Å². The summed E-state index contributed by atoms with van der Waals surface area (Å²) in [6.07, 6.45) is 1.72. The number of halogens is 1. The van der Waals surface area contributed by atoms with E-state index in [1.54, 1.807) is 18.2 Å². The van der Waals surface area contributed by atoms with Crippen LogP contribution in [0.3, 0.4) is 0 Å². The fourth-order valence-corrected chi connectivity index (χ4v) is 2.85. The molecule has 1 aliphatic rings. The lowest BCUT2D eigenvalue weighted by molar-refractivity contribution is 0.174. The summed E-state index contributed by atoms with van der Waals surface area (Å²) in [7, 11) is 0. The van der Waals surface area contributed by atoms with Crippen molar-refractivity contribution in [1.82, 2.24) is 0 Å². The quantitative estimate of drug-likeness (QED) is 0.551. The van der Waals surface area contributed by atoms with Crippen LogP contribution in [-0.4, -0.2) is 6.79 Å². The van der Waals surface area contributed by atoms with E-state index in [1.807, 2.05) is 42.5 Å². The third-order valence-electron chi connectivity index (χ3n) is 3.85. The summed E-state index contributed by atoms with van der Waals surface area (Å²) in [4.78, 5) is 0. The van der Waals surface area contributed by atoms with Crippen molar-refractivity contribution in [2.45, 2.75) is 0 Å². The first-order chi connectivity index (χ1) is 12.2. The van der Waals surface area contributed by atoms with Crippen molar-refractivity contribution in [2.24, 2.45) is 0 Å². The summed E-state index contributed by atoms with van der Waals surface area (Å²) in [6, 6.07) is 19.3. The fourth-order valence-electron chi connectivity index (χ4n) is 2.59. The van der Waals surface area contributed by atoms with E-state index >= 15 is 0 Å². The van der Waals surface area contributed by atoms with E-state index in [9.17, 15) is 5.26 Å². The van der Waals surface area contributed by atoms with Gasteiger partial charge in [-0.15, -0.1) is 0 Å². The Morgan fingerprint density at radius 1 is 1.00 bits per heavy atom. The molecule has 3 aromatic rings. The highest BCUT2D eigenvalue weighted by atomic mass is 79.9. The number of nitriles is 1. The van der Waals surface area contributed by atoms with Gasteiger partial charge in [0, 0.05) is 10.0 Å². The van der Waals surface area contributed by atoms with Crippen LogP contribution >= 0.6 is 15.9 Å². The Labute approximate surface area is 153 Å². The first-order valence-electron chi connectivity index (χ1n) is 7.60. The normalized spacial score (nSPS) is 12.9. The lowest BCUT2D eigenvalue weighted by Gasteiger charge is -2.01. The summed E-state index contributed by atoms with van der Waals surface area (Å²) in [5.74, 6) is 2.71. The van der Waals surface area contributed by atoms with Crippen LogP contribution in [0.4, 0.5) is 0 Å². The number of hydrogen-bond donors (Lipinski definition) is 0. The zero-order valence-electron chi connectivity index (χ0n) is 13.0. The number of furan rings is 1. The molecule has 4 nitrogen and oxygen atoms in total. The molecule has 1 aliphatic heterocycles. The Morgan fingerprint density at radius 2 is 1.80 bits per heavy atom. The highest BCUT2D eigenvalue weighted by Gasteiger charge is 2.15. The number of rotatable bonds is 3. The third kappa shape index (κ3) is 3.17. The SMILES string of the molecule is N#C/C(=C/c1ccc(-c2ccc(Br)cc2)o1)c1ccc2c(c1)OCO2. The number of fused-ring (bicyclic) bond motifs is 1. The molecule has 0 fully saturated rings. The maximum absolute atomic E-state index is 9.51. The molecule has 0 saturated heterocycles. The van der Waals surface area contributed by atoms with Crippen molar-refractivity contribution < 1.29 is 13.9 Å². The predicted molar refractivity (Wildman–Crippen MR) is 97.9 cm³/mol. The van der Waals surface area contributed by atoms with Gasteiger partial charge in [-0.2, -0.15) is 5.26 Å². The maximum atomic E-state index is 9.51. The summed E-state index contributed by atoms with van der Waals surface area (Å²) >= 11 is 3.42. The molecule has 0 unspecified atom stereocenters. The Kier molecular flexibility index (Phi) is 4.04. The molecule has 2 heterocycles. The smallest absolute Gasteiger partial charge is 0.231 e. The van der Waals surface area contributed by atoms with E-state index in [1.165, 1.54) is 0 Å². The van der Waals surface area contributed by atoms with Gasteiger partial charge >= 0.3 is 0 Å². The van der Waals surface area contributed by atoms with E-state index < -0.39 is 0 Å². The van der Waals surface area contributed by atoms with Gasteiger partial charge in [0.25, 0.3) is 0 Å². The molecule has 0 N–H and O–H groups in total. The molecule has 25 heavy (non-hydrogen) atoms. The molecule has 4 rings (SSSR count). The van der Waals surface area contributed by atoms with Crippen molar-refractivity contribution in [2.75, 3.05) is 6.79 Å². The predicted octanol–water partition coefficient (Wildman–Crippen LogP) is 5.50. The largest absolute Gasteiger partial charge is 0.457 e. The van der Waals surface area contributed by atoms with Crippen molar-refractivity contribution in [3.05, 3.63) is 70.4 Å². The van der Waals surface area contributed by atoms with Gasteiger partial charge in [-0.05, 0) is 54.1 Å². The Bertz CT molecular complexity index is 997. The van der Waals surface area contributed by atoms with Gasteiger partial charge in [0.1, 0.15) is 11.5 Å². The first kappa shape index (κ1) is 15.6. The lowest BCUT2D eigenvalue weighted by Crippen LogP contribution is -1.92. The van der Waals surface area contributed by atoms with Crippen LogP contribution in [0.5, 0.6) is 11.5 Å². The molecule has 0 spiro atoms. The third-order valence-corrected chi connectivity index (χ3v) is 4.37. The van der Waals surface area contributed by atoms with Crippen LogP contribution in [0.1, 0.15) is 11.3 Å². The van der Waals surface area contributed by atoms with E-state index in [2.05, 4.69) is 22.0 Å². The fraction of sp³-hybridized carbons (Fsp3) is 0.0500. The number of benzene rings is 2. The molecular weight excluding hydrogens is 382 g/mol. The Morgan fingerprint density at radius 3 is 2.60 bits per heavy atom. The van der Waals surface area contributed by atoms with Crippen LogP contribution < -0.4 is 9.47 Å². The second-order valence-electron chi connectivity index (χ2n) is 5.45. The van der Waals surface area contributed by atoms with Crippen molar-refractivity contribution in [3.8, 4) is 28.9 Å². The van der Waals surface area contributed by atoms with E-state index in [0.717, 1.165) is 21.4 Å². The van der Waals surface area contributed by atoms with Crippen LogP contribution in [0.15, 0.2) is 63.5 Å². The van der Waals surface area contributed by atoms with Gasteiger partial charge < -0.3 is 13.9 Å². The monoisotopic (exact) mass is 393 g/mol. The topological polar surface area (TPSA) is 55.4 Å². The average Bonchev–Trinajstić information content (AvgIpc) is 3.29. The van der Waals surface area contributed by atoms with Crippen molar-refractivity contribution in [1.29, 1.82) is 5.26 Å². The highest BCUT2D eigenvalue weighted by molar-refractivity contribution is 9.10. The summed E-state index contributed by atoms with van der Waals surface area (Å²) < 4.78 is 17.5. The minimum Gasteiger partial charge on any atom is -0.457 e. The molecule has 0 saturated carbocycles. The van der Waals surface area contributed by atoms with Gasteiger partial charge in [-0.3, -0.25) is 0 Å². The zero-order valence-corrected chi connectivity index (χ0v) is 14.6. The Hall–Kier alpha value is -2.97. The zero-order chi connectivity index (χ0) is 17.2. The summed E-state index contributed by atoms with van der Waals surface area (Å²) in [6.45, 7) is 0.207. The van der Waals surface area contributed by atoms with Crippen molar-refractivity contribution >= 4 is 27.6 Å². The molecule has 1 aromatic heterocycles. The number of hydrogen-bond acceptors (Lipinski definition) is 4. The minimum absolute atomic E-state index is 0.207. The molecule has 0 aliphatic carbocycles. The minimum atomic E-state index is 0.207. The molecule has 2 aromatic carbocycles. The van der Waals surface area contributed by atoms with Gasteiger partial charge in [0.2, 0.25) is 6.79 Å². The Balaban J connectivity index is 1.65. The van der Waals surface area contributed by atoms with Crippen molar-refractivity contribution in [3.63, 3.8) is 0 Å². The summed E-state index contributed by atoms with van der Waals surface area (Å²) in [5, 5.41) is 9.51. The number of ether oxygens (including phenoxy) is 2. The van der Waals surface area contributed by atoms with Crippen LogP contribution in [0.2, 0.25) is 0 Å². The second kappa shape index (κ2) is 6.50. The van der Waals surface area contributed by atoms with Gasteiger partial charge in [-0.1, -0.05) is 28.1 Å². The van der Waals surface area contributed by atoms with E-state index in [-0.39, 0.29) is 6.79 Å². The van der Waals surface area contributed by atoms with Crippen LogP contribution in [0, 0.1) is 11.3 Å². The standard InChI is InChI=1S/C20H12BrNO3/c21-16-4-1-13(2-5-16)18-8-6-17(25-18)9-15(11-22)14-3-7-19-20(10-14)24-12-23-19/h1-10H,12H2/b15-9-. The molecule has 122 valence electrons. The number of nitrogens with zero attached hydrogens (tertiary/aromatic N) is 1. The molecule has 0 bridgehead atoms. The molecule has 0 atom stereocenters. The van der Waals surface area contributed by atoms with Gasteiger partial charge in [0.15, 0.2) is 11.5 Å². The van der Waals surface area contributed by atoms with E-state index in [4.69, 9.17) is 13.9 Å². The highest BCUT2D eigenvalue weighted by Crippen LogP contribution is 2.35. The number of allylic oxidation sites excluding steroid dienone is 1. The van der Waals surface area contributed by atoms with Crippen LogP contribution in [-0.2, 0) is 0 Å². The molecule has 0 amide bonds.